The van der Waals surface area contributed by atoms with E-state index in [-0.39, 0.29) is 0 Å². The summed E-state index contributed by atoms with van der Waals surface area (Å²) in [4.78, 5) is 8.35. The van der Waals surface area contributed by atoms with Gasteiger partial charge in [0, 0.05) is 17.9 Å². The van der Waals surface area contributed by atoms with E-state index in [9.17, 15) is 0 Å². The van der Waals surface area contributed by atoms with Crippen LogP contribution in [0.3, 0.4) is 0 Å². The Hall–Kier alpha value is -0.770. The highest BCUT2D eigenvalue weighted by Crippen LogP contribution is 2.21. The number of thioether (sulfide) groups is 1. The van der Waals surface area contributed by atoms with Crippen molar-refractivity contribution >= 4 is 17.6 Å². The van der Waals surface area contributed by atoms with Gasteiger partial charge in [-0.15, -0.1) is 11.8 Å². The Labute approximate surface area is 89.7 Å². The van der Waals surface area contributed by atoms with E-state index < -0.39 is 0 Å². The minimum absolute atomic E-state index is 0.559. The zero-order chi connectivity index (χ0) is 10.4. The van der Waals surface area contributed by atoms with Gasteiger partial charge in [0.15, 0.2) is 0 Å². The number of hydrogen-bond donors (Lipinski definition) is 1. The molecule has 1 rings (SSSR count). The maximum absolute atomic E-state index is 4.20. The average molecular weight is 211 g/mol. The largest absolute Gasteiger partial charge is 0.370 e. The molecule has 0 amide bonds. The first kappa shape index (κ1) is 11.3. The maximum atomic E-state index is 4.20. The van der Waals surface area contributed by atoms with E-state index in [0.29, 0.717) is 5.25 Å². The topological polar surface area (TPSA) is 37.8 Å². The predicted molar refractivity (Wildman–Crippen MR) is 61.8 cm³/mol. The lowest BCUT2D eigenvalue weighted by Crippen LogP contribution is -2.02. The highest BCUT2D eigenvalue weighted by molar-refractivity contribution is 7.99. The fraction of sp³-hybridized carbons (Fsp3) is 0.600. The summed E-state index contributed by atoms with van der Waals surface area (Å²) in [6, 6.07) is 2.00. The fourth-order valence-corrected chi connectivity index (χ4v) is 1.77. The number of anilines is 1. The van der Waals surface area contributed by atoms with E-state index >= 15 is 0 Å². The molecule has 0 aromatic carbocycles. The van der Waals surface area contributed by atoms with Gasteiger partial charge in [0.25, 0.3) is 0 Å². The lowest BCUT2D eigenvalue weighted by Gasteiger charge is -2.06. The van der Waals surface area contributed by atoms with Crippen molar-refractivity contribution in [1.82, 2.24) is 9.97 Å². The van der Waals surface area contributed by atoms with Gasteiger partial charge in [0.1, 0.15) is 17.2 Å². The smallest absolute Gasteiger partial charge is 0.130 e. The minimum Gasteiger partial charge on any atom is -0.370 e. The molecule has 1 aromatic heterocycles. The number of hydrogen-bond acceptors (Lipinski definition) is 4. The molecule has 14 heavy (non-hydrogen) atoms. The zero-order valence-electron chi connectivity index (χ0n) is 8.95. The minimum atomic E-state index is 0.559. The normalized spacial score (nSPS) is 10.6. The first-order valence-corrected chi connectivity index (χ1v) is 5.83. The first-order valence-electron chi connectivity index (χ1n) is 4.95. The Morgan fingerprint density at radius 2 is 2.21 bits per heavy atom. The van der Waals surface area contributed by atoms with Crippen LogP contribution in [0.5, 0.6) is 0 Å². The molecule has 1 aromatic rings. The van der Waals surface area contributed by atoms with Crippen molar-refractivity contribution in [2.24, 2.45) is 0 Å². The van der Waals surface area contributed by atoms with Crippen LogP contribution in [0, 0.1) is 0 Å². The second kappa shape index (κ2) is 5.86. The van der Waals surface area contributed by atoms with Gasteiger partial charge in [0.2, 0.25) is 0 Å². The van der Waals surface area contributed by atoms with Crippen LogP contribution in [-0.4, -0.2) is 21.8 Å². The van der Waals surface area contributed by atoms with Crippen molar-refractivity contribution in [1.29, 1.82) is 0 Å². The van der Waals surface area contributed by atoms with Crippen molar-refractivity contribution in [2.45, 2.75) is 37.5 Å². The Bertz CT molecular complexity index is 276. The molecule has 0 bridgehead atoms. The van der Waals surface area contributed by atoms with Crippen molar-refractivity contribution < 1.29 is 0 Å². The lowest BCUT2D eigenvalue weighted by atomic mass is 10.4. The molecule has 0 aliphatic carbocycles. The highest BCUT2D eigenvalue weighted by Gasteiger charge is 2.01. The molecule has 4 heteroatoms. The van der Waals surface area contributed by atoms with Gasteiger partial charge in [-0.2, -0.15) is 0 Å². The van der Waals surface area contributed by atoms with Crippen LogP contribution in [0.2, 0.25) is 0 Å². The molecule has 0 aliphatic heterocycles. The molecule has 0 saturated heterocycles. The van der Waals surface area contributed by atoms with Crippen molar-refractivity contribution in [3.63, 3.8) is 0 Å². The molecule has 0 spiro atoms. The standard InChI is InChI=1S/C10H17N3S/c1-4-5-11-9-6-10(13-7-12-9)14-8(2)3/h6-8H,4-5H2,1-3H3,(H,11,12,13). The summed E-state index contributed by atoms with van der Waals surface area (Å²) < 4.78 is 0. The number of nitrogens with zero attached hydrogens (tertiary/aromatic N) is 2. The number of aromatic nitrogens is 2. The Kier molecular flexibility index (Phi) is 4.73. The summed E-state index contributed by atoms with van der Waals surface area (Å²) in [6.07, 6.45) is 2.72. The van der Waals surface area contributed by atoms with Gasteiger partial charge >= 0.3 is 0 Å². The molecule has 0 fully saturated rings. The van der Waals surface area contributed by atoms with Crippen LogP contribution in [0.4, 0.5) is 5.82 Å². The molecular weight excluding hydrogens is 194 g/mol. The van der Waals surface area contributed by atoms with Crippen LogP contribution < -0.4 is 5.32 Å². The monoisotopic (exact) mass is 211 g/mol. The maximum Gasteiger partial charge on any atom is 0.130 e. The summed E-state index contributed by atoms with van der Waals surface area (Å²) in [5.41, 5.74) is 0. The highest BCUT2D eigenvalue weighted by atomic mass is 32.2. The van der Waals surface area contributed by atoms with Gasteiger partial charge in [-0.3, -0.25) is 0 Å². The second-order valence-corrected chi connectivity index (χ2v) is 4.93. The molecule has 1 heterocycles. The third-order valence-electron chi connectivity index (χ3n) is 1.55. The van der Waals surface area contributed by atoms with Gasteiger partial charge in [-0.25, -0.2) is 9.97 Å². The SMILES string of the molecule is CCCNc1cc(SC(C)C)ncn1. The van der Waals surface area contributed by atoms with E-state index in [1.54, 1.807) is 18.1 Å². The Balaban J connectivity index is 2.59. The summed E-state index contributed by atoms with van der Waals surface area (Å²) in [5, 5.41) is 4.84. The third kappa shape index (κ3) is 3.96. The summed E-state index contributed by atoms with van der Waals surface area (Å²) in [6.45, 7) is 7.42. The number of nitrogens with one attached hydrogen (secondary N) is 1. The van der Waals surface area contributed by atoms with Crippen LogP contribution in [0.25, 0.3) is 0 Å². The molecule has 0 atom stereocenters. The van der Waals surface area contributed by atoms with Crippen LogP contribution in [0.15, 0.2) is 17.4 Å². The van der Waals surface area contributed by atoms with Crippen LogP contribution >= 0.6 is 11.8 Å². The lowest BCUT2D eigenvalue weighted by molar-refractivity contribution is 0.951. The average Bonchev–Trinajstić information content (AvgIpc) is 2.14. The van der Waals surface area contributed by atoms with Crippen LogP contribution in [-0.2, 0) is 0 Å². The van der Waals surface area contributed by atoms with E-state index in [4.69, 9.17) is 0 Å². The molecule has 1 N–H and O–H groups in total. The van der Waals surface area contributed by atoms with E-state index in [1.165, 1.54) is 0 Å². The zero-order valence-corrected chi connectivity index (χ0v) is 9.77. The van der Waals surface area contributed by atoms with E-state index in [0.717, 1.165) is 23.8 Å². The summed E-state index contributed by atoms with van der Waals surface area (Å²) in [5.74, 6) is 0.921. The Morgan fingerprint density at radius 1 is 1.43 bits per heavy atom. The predicted octanol–water partition coefficient (Wildman–Crippen LogP) is 2.80. The third-order valence-corrected chi connectivity index (χ3v) is 2.49. The molecular formula is C10H17N3S. The fourth-order valence-electron chi connectivity index (χ4n) is 0.995. The van der Waals surface area contributed by atoms with Gasteiger partial charge < -0.3 is 5.32 Å². The molecule has 0 aliphatic rings. The Morgan fingerprint density at radius 3 is 2.86 bits per heavy atom. The summed E-state index contributed by atoms with van der Waals surface area (Å²) in [7, 11) is 0. The quantitative estimate of drug-likeness (QED) is 0.600. The molecule has 0 unspecified atom stereocenters. The molecule has 78 valence electrons. The van der Waals surface area contributed by atoms with Gasteiger partial charge in [0.05, 0.1) is 0 Å². The summed E-state index contributed by atoms with van der Waals surface area (Å²) >= 11 is 1.75. The van der Waals surface area contributed by atoms with Crippen molar-refractivity contribution in [3.05, 3.63) is 12.4 Å². The van der Waals surface area contributed by atoms with Crippen LogP contribution in [0.1, 0.15) is 27.2 Å². The van der Waals surface area contributed by atoms with Crippen molar-refractivity contribution in [3.8, 4) is 0 Å². The molecule has 3 nitrogen and oxygen atoms in total. The van der Waals surface area contributed by atoms with Gasteiger partial charge in [-0.05, 0) is 6.42 Å². The molecule has 0 radical (unpaired) electrons. The van der Waals surface area contributed by atoms with Crippen molar-refractivity contribution in [2.75, 3.05) is 11.9 Å². The second-order valence-electron chi connectivity index (χ2n) is 3.33. The van der Waals surface area contributed by atoms with E-state index in [2.05, 4.69) is 36.1 Å². The number of rotatable bonds is 5. The van der Waals surface area contributed by atoms with E-state index in [1.807, 2.05) is 6.07 Å². The first-order chi connectivity index (χ1) is 6.72. The molecule has 0 saturated carbocycles. The van der Waals surface area contributed by atoms with Gasteiger partial charge in [-0.1, -0.05) is 20.8 Å².